The van der Waals surface area contributed by atoms with E-state index >= 15 is 0 Å². The van der Waals surface area contributed by atoms with Gasteiger partial charge in [-0.3, -0.25) is 9.98 Å². The van der Waals surface area contributed by atoms with Crippen molar-refractivity contribution in [1.29, 1.82) is 0 Å². The van der Waals surface area contributed by atoms with Gasteiger partial charge in [0.2, 0.25) is 0 Å². The summed E-state index contributed by atoms with van der Waals surface area (Å²) in [5.41, 5.74) is 17.4. The van der Waals surface area contributed by atoms with Gasteiger partial charge >= 0.3 is 0 Å². The van der Waals surface area contributed by atoms with E-state index in [1.54, 1.807) is 0 Å². The zero-order valence-electron chi connectivity index (χ0n) is 24.5. The molecule has 0 unspecified atom stereocenters. The van der Waals surface area contributed by atoms with Crippen LogP contribution in [0.15, 0.2) is 43.7 Å². The summed E-state index contributed by atoms with van der Waals surface area (Å²) >= 11 is 0. The van der Waals surface area contributed by atoms with E-state index in [9.17, 15) is 0 Å². The summed E-state index contributed by atoms with van der Waals surface area (Å²) in [6.45, 7) is 22.4. The van der Waals surface area contributed by atoms with Crippen molar-refractivity contribution in [2.45, 2.75) is 100 Å². The first-order valence-corrected chi connectivity index (χ1v) is 13.9. The maximum Gasteiger partial charge on any atom is 0.0685 e. The van der Waals surface area contributed by atoms with Gasteiger partial charge in [-0.2, -0.15) is 0 Å². The Morgan fingerprint density at radius 2 is 1.00 bits per heavy atom. The summed E-state index contributed by atoms with van der Waals surface area (Å²) in [5.74, 6) is 0. The van der Waals surface area contributed by atoms with Crippen molar-refractivity contribution in [1.82, 2.24) is 9.97 Å². The van der Waals surface area contributed by atoms with E-state index in [4.69, 9.17) is 9.98 Å². The summed E-state index contributed by atoms with van der Waals surface area (Å²) in [5, 5.41) is 0. The number of H-pyrrole nitrogens is 2. The fraction of sp³-hybridized carbons (Fsp3) is 0.455. The van der Waals surface area contributed by atoms with Crippen LogP contribution in [0.4, 0.5) is 0 Å². The summed E-state index contributed by atoms with van der Waals surface area (Å²) < 4.78 is 0. The van der Waals surface area contributed by atoms with E-state index in [0.717, 1.165) is 48.5 Å². The second-order valence-electron chi connectivity index (χ2n) is 10.9. The molecule has 2 aromatic heterocycles. The Morgan fingerprint density at radius 1 is 0.622 bits per heavy atom. The maximum absolute atomic E-state index is 4.75. The van der Waals surface area contributed by atoms with E-state index in [2.05, 4.69) is 91.4 Å². The van der Waals surface area contributed by atoms with Crippen LogP contribution in [0.1, 0.15) is 112 Å². The number of nitrogens with one attached hydrogen (secondary N) is 2. The van der Waals surface area contributed by atoms with E-state index in [1.165, 1.54) is 55.9 Å². The predicted octanol–water partition coefficient (Wildman–Crippen LogP) is 8.99. The van der Waals surface area contributed by atoms with Crippen LogP contribution in [0, 0.1) is 27.7 Å². The lowest BCUT2D eigenvalue weighted by molar-refractivity contribution is 0.594. The molecule has 2 aliphatic heterocycles. The van der Waals surface area contributed by atoms with Crippen molar-refractivity contribution in [3.8, 4) is 0 Å². The zero-order valence-corrected chi connectivity index (χ0v) is 24.5. The molecule has 0 fully saturated rings. The van der Waals surface area contributed by atoms with Crippen molar-refractivity contribution in [3.63, 3.8) is 0 Å². The standard InChI is InChI=1S/C33H44N4/c1-11-23-17-34-29(25(23)13-3)15-27-19(5)21(7)31(36-27)33(9,10)32-22(8)20(6)28(37-32)16-30-26(14-4)24(12-2)18-35-30/h15-18,36-37H,11-14H2,1-10H3/b29-15-,30-16-. The van der Waals surface area contributed by atoms with Gasteiger partial charge in [0.05, 0.1) is 11.4 Å². The minimum Gasteiger partial charge on any atom is -0.358 e. The van der Waals surface area contributed by atoms with Crippen LogP contribution in [0.5, 0.6) is 0 Å². The Bertz CT molecular complexity index is 1300. The molecular weight excluding hydrogens is 452 g/mol. The Labute approximate surface area is 223 Å². The molecule has 0 spiro atoms. The molecule has 37 heavy (non-hydrogen) atoms. The van der Waals surface area contributed by atoms with E-state index in [-0.39, 0.29) is 5.41 Å². The van der Waals surface area contributed by atoms with Gasteiger partial charge in [-0.15, -0.1) is 0 Å². The molecule has 0 saturated heterocycles. The molecule has 0 amide bonds. The largest absolute Gasteiger partial charge is 0.358 e. The number of aromatic nitrogens is 2. The van der Waals surface area contributed by atoms with Crippen molar-refractivity contribution in [3.05, 3.63) is 78.7 Å². The molecule has 0 radical (unpaired) electrons. The van der Waals surface area contributed by atoms with Gasteiger partial charge in [0.25, 0.3) is 0 Å². The second kappa shape index (κ2) is 10.3. The van der Waals surface area contributed by atoms with Crippen LogP contribution in [0.2, 0.25) is 0 Å². The monoisotopic (exact) mass is 496 g/mol. The summed E-state index contributed by atoms with van der Waals surface area (Å²) in [6.07, 6.45) is 12.6. The lowest BCUT2D eigenvalue weighted by Gasteiger charge is -2.25. The van der Waals surface area contributed by atoms with Gasteiger partial charge in [-0.1, -0.05) is 27.7 Å². The fourth-order valence-corrected chi connectivity index (χ4v) is 5.97. The molecule has 4 heteroatoms. The molecule has 4 heterocycles. The molecule has 0 bridgehead atoms. The topological polar surface area (TPSA) is 56.3 Å². The highest BCUT2D eigenvalue weighted by atomic mass is 14.8. The summed E-state index contributed by atoms with van der Waals surface area (Å²) in [6, 6.07) is 0. The van der Waals surface area contributed by atoms with Crippen LogP contribution in [-0.4, -0.2) is 22.4 Å². The lowest BCUT2D eigenvalue weighted by Crippen LogP contribution is -2.22. The zero-order chi connectivity index (χ0) is 27.1. The minimum atomic E-state index is -0.217. The first kappa shape index (κ1) is 26.9. The molecule has 0 aromatic carbocycles. The second-order valence-corrected chi connectivity index (χ2v) is 10.9. The van der Waals surface area contributed by atoms with Gasteiger partial charge in [0, 0.05) is 40.6 Å². The molecule has 0 saturated carbocycles. The number of aliphatic imine (C=N–C) groups is 2. The highest BCUT2D eigenvalue weighted by molar-refractivity contribution is 5.89. The number of aromatic amines is 2. The van der Waals surface area contributed by atoms with Crippen LogP contribution >= 0.6 is 0 Å². The maximum atomic E-state index is 4.75. The fourth-order valence-electron chi connectivity index (χ4n) is 5.97. The van der Waals surface area contributed by atoms with Crippen molar-refractivity contribution in [2.24, 2.45) is 9.98 Å². The average Bonchev–Trinajstić information content (AvgIpc) is 3.62. The highest BCUT2D eigenvalue weighted by Crippen LogP contribution is 2.39. The Morgan fingerprint density at radius 3 is 1.32 bits per heavy atom. The number of rotatable bonds is 8. The number of hydrogen-bond acceptors (Lipinski definition) is 2. The van der Waals surface area contributed by atoms with Gasteiger partial charge < -0.3 is 9.97 Å². The highest BCUT2D eigenvalue weighted by Gasteiger charge is 2.32. The van der Waals surface area contributed by atoms with Crippen molar-refractivity contribution < 1.29 is 0 Å². The number of hydrogen-bond donors (Lipinski definition) is 2. The summed E-state index contributed by atoms with van der Waals surface area (Å²) in [4.78, 5) is 17.1. The smallest absolute Gasteiger partial charge is 0.0685 e. The van der Waals surface area contributed by atoms with E-state index in [1.807, 2.05) is 12.4 Å². The molecule has 0 aliphatic carbocycles. The first-order valence-electron chi connectivity index (χ1n) is 13.9. The number of allylic oxidation sites excluding steroid dienone is 4. The SMILES string of the molecule is CCC1=C(CC)/C(=C/c2[nH]c(C(C)(C)c3[nH]c(/C=C4\N=CC(CC)=C4CC)c(C)c3C)c(C)c2C)N=C1. The molecule has 0 atom stereocenters. The lowest BCUT2D eigenvalue weighted by atomic mass is 9.81. The minimum absolute atomic E-state index is 0.217. The Kier molecular flexibility index (Phi) is 7.50. The molecule has 4 nitrogen and oxygen atoms in total. The van der Waals surface area contributed by atoms with Crippen LogP contribution in [0.3, 0.4) is 0 Å². The van der Waals surface area contributed by atoms with Crippen molar-refractivity contribution in [2.75, 3.05) is 0 Å². The van der Waals surface area contributed by atoms with E-state index < -0.39 is 0 Å². The molecule has 4 rings (SSSR count). The first-order chi connectivity index (χ1) is 17.6. The van der Waals surface area contributed by atoms with Crippen LogP contribution in [0.25, 0.3) is 12.2 Å². The number of nitrogens with zero attached hydrogens (tertiary/aromatic N) is 2. The molecule has 196 valence electrons. The quantitative estimate of drug-likeness (QED) is 0.366. The third kappa shape index (κ3) is 4.56. The van der Waals surface area contributed by atoms with Gasteiger partial charge in [0.15, 0.2) is 0 Å². The van der Waals surface area contributed by atoms with Gasteiger partial charge in [-0.25, -0.2) is 0 Å². The third-order valence-corrected chi connectivity index (χ3v) is 8.60. The van der Waals surface area contributed by atoms with Gasteiger partial charge in [-0.05, 0) is 124 Å². The predicted molar refractivity (Wildman–Crippen MR) is 161 cm³/mol. The van der Waals surface area contributed by atoms with Crippen LogP contribution in [-0.2, 0) is 5.41 Å². The Balaban J connectivity index is 1.76. The molecular formula is C33H44N4. The third-order valence-electron chi connectivity index (χ3n) is 8.60. The van der Waals surface area contributed by atoms with Crippen molar-refractivity contribution >= 4 is 24.6 Å². The molecule has 2 N–H and O–H groups in total. The average molecular weight is 497 g/mol. The molecule has 2 aromatic rings. The Hall–Kier alpha value is -3.14. The molecule has 2 aliphatic rings. The van der Waals surface area contributed by atoms with E-state index in [0.29, 0.717) is 0 Å². The van der Waals surface area contributed by atoms with Crippen LogP contribution < -0.4 is 0 Å². The summed E-state index contributed by atoms with van der Waals surface area (Å²) in [7, 11) is 0. The normalized spacial score (nSPS) is 18.1. The van der Waals surface area contributed by atoms with Gasteiger partial charge in [0.1, 0.15) is 0 Å².